The second-order valence-corrected chi connectivity index (χ2v) is 6.12. The molecule has 0 aliphatic rings. The number of nitro groups is 1. The summed E-state index contributed by atoms with van der Waals surface area (Å²) >= 11 is 6.14. The highest BCUT2D eigenvalue weighted by molar-refractivity contribution is 6.33. The largest absolute Gasteiger partial charge is 0.497 e. The van der Waals surface area contributed by atoms with Gasteiger partial charge >= 0.3 is 0 Å². The van der Waals surface area contributed by atoms with Gasteiger partial charge < -0.3 is 15.0 Å². The van der Waals surface area contributed by atoms with Crippen LogP contribution in [0.15, 0.2) is 42.5 Å². The van der Waals surface area contributed by atoms with Crippen LogP contribution < -0.4 is 15.0 Å². The molecule has 0 bridgehead atoms. The van der Waals surface area contributed by atoms with Crippen molar-refractivity contribution in [2.24, 2.45) is 0 Å². The second kappa shape index (κ2) is 7.99. The molecule has 0 amide bonds. The van der Waals surface area contributed by atoms with Crippen molar-refractivity contribution in [2.75, 3.05) is 33.1 Å². The third-order valence-electron chi connectivity index (χ3n) is 3.85. The fourth-order valence-corrected chi connectivity index (χ4v) is 2.73. The molecule has 7 heteroatoms. The molecule has 1 atom stereocenters. The van der Waals surface area contributed by atoms with E-state index in [-0.39, 0.29) is 11.7 Å². The second-order valence-electron chi connectivity index (χ2n) is 5.71. The number of nitrogens with zero attached hydrogens (tertiary/aromatic N) is 1. The van der Waals surface area contributed by atoms with Crippen molar-refractivity contribution < 1.29 is 14.6 Å². The average Bonchev–Trinajstić information content (AvgIpc) is 2.56. The Kier molecular flexibility index (Phi) is 6.00. The monoisotopic (exact) mass is 350 g/mol. The molecule has 0 radical (unpaired) electrons. The number of nitro benzene ring substituents is 1. The number of hydrogen-bond acceptors (Lipinski definition) is 4. The summed E-state index contributed by atoms with van der Waals surface area (Å²) < 4.78 is 5.29. The van der Waals surface area contributed by atoms with Gasteiger partial charge in [-0.3, -0.25) is 10.1 Å². The lowest BCUT2D eigenvalue weighted by atomic mass is 10.1. The quantitative estimate of drug-likeness (QED) is 0.595. The zero-order valence-electron chi connectivity index (χ0n) is 13.9. The topological polar surface area (TPSA) is 68.8 Å². The Morgan fingerprint density at radius 1 is 1.29 bits per heavy atom. The van der Waals surface area contributed by atoms with Crippen molar-refractivity contribution in [3.63, 3.8) is 0 Å². The van der Waals surface area contributed by atoms with E-state index in [0.717, 1.165) is 11.3 Å². The van der Waals surface area contributed by atoms with Gasteiger partial charge in [0, 0.05) is 17.7 Å². The van der Waals surface area contributed by atoms with Gasteiger partial charge in [0.05, 0.1) is 43.4 Å². The summed E-state index contributed by atoms with van der Waals surface area (Å²) in [5.74, 6) is 0.812. The average molecular weight is 351 g/mol. The molecular formula is C17H21ClN3O3+. The fraction of sp³-hybridized carbons (Fsp3) is 0.294. The third-order valence-corrected chi connectivity index (χ3v) is 4.17. The molecule has 2 rings (SSSR count). The summed E-state index contributed by atoms with van der Waals surface area (Å²) in [6.07, 6.45) is 0. The van der Waals surface area contributed by atoms with Crippen molar-refractivity contribution in [1.29, 1.82) is 0 Å². The van der Waals surface area contributed by atoms with Crippen LogP contribution in [-0.2, 0) is 0 Å². The summed E-state index contributed by atoms with van der Waals surface area (Å²) in [5, 5.41) is 14.4. The SMILES string of the molecule is COc1cccc([C@H](CNc2ccc([N+](=O)[O-])cc2Cl)[NH+](C)C)c1. The Hall–Kier alpha value is -2.31. The number of benzene rings is 2. The number of rotatable bonds is 7. The minimum Gasteiger partial charge on any atom is -0.497 e. The molecule has 2 aromatic carbocycles. The van der Waals surface area contributed by atoms with Crippen LogP contribution in [0.2, 0.25) is 5.02 Å². The molecule has 0 saturated carbocycles. The number of ether oxygens (including phenoxy) is 1. The van der Waals surface area contributed by atoms with Crippen LogP contribution in [0.5, 0.6) is 5.75 Å². The van der Waals surface area contributed by atoms with E-state index in [9.17, 15) is 10.1 Å². The number of non-ortho nitro benzene ring substituents is 1. The molecule has 128 valence electrons. The highest BCUT2D eigenvalue weighted by Gasteiger charge is 2.19. The smallest absolute Gasteiger partial charge is 0.271 e. The van der Waals surface area contributed by atoms with Gasteiger partial charge in [-0.2, -0.15) is 0 Å². The molecule has 0 aromatic heterocycles. The maximum Gasteiger partial charge on any atom is 0.271 e. The van der Waals surface area contributed by atoms with Crippen LogP contribution in [0.4, 0.5) is 11.4 Å². The summed E-state index contributed by atoms with van der Waals surface area (Å²) in [7, 11) is 5.79. The van der Waals surface area contributed by atoms with E-state index in [1.807, 2.05) is 18.2 Å². The van der Waals surface area contributed by atoms with Crippen LogP contribution in [0.3, 0.4) is 0 Å². The highest BCUT2D eigenvalue weighted by atomic mass is 35.5. The van der Waals surface area contributed by atoms with Gasteiger partial charge in [-0.05, 0) is 18.2 Å². The van der Waals surface area contributed by atoms with Crippen LogP contribution in [0.1, 0.15) is 11.6 Å². The van der Waals surface area contributed by atoms with Gasteiger partial charge in [0.2, 0.25) is 0 Å². The van der Waals surface area contributed by atoms with E-state index in [0.29, 0.717) is 17.3 Å². The molecule has 24 heavy (non-hydrogen) atoms. The maximum absolute atomic E-state index is 10.8. The van der Waals surface area contributed by atoms with Crippen molar-refractivity contribution in [2.45, 2.75) is 6.04 Å². The minimum atomic E-state index is -0.460. The predicted octanol–water partition coefficient (Wildman–Crippen LogP) is 2.55. The summed E-state index contributed by atoms with van der Waals surface area (Å²) in [6.45, 7) is 0.632. The molecule has 0 spiro atoms. The van der Waals surface area contributed by atoms with Crippen LogP contribution in [0, 0.1) is 10.1 Å². The van der Waals surface area contributed by atoms with Crippen molar-refractivity contribution in [3.8, 4) is 5.75 Å². The van der Waals surface area contributed by atoms with Crippen molar-refractivity contribution in [1.82, 2.24) is 0 Å². The molecule has 0 unspecified atom stereocenters. The first kappa shape index (κ1) is 18.0. The minimum absolute atomic E-state index is 0.0202. The Morgan fingerprint density at radius 2 is 2.04 bits per heavy atom. The highest BCUT2D eigenvalue weighted by Crippen LogP contribution is 2.27. The van der Waals surface area contributed by atoms with E-state index < -0.39 is 4.92 Å². The summed E-state index contributed by atoms with van der Waals surface area (Å²) in [4.78, 5) is 11.6. The number of halogens is 1. The first-order valence-electron chi connectivity index (χ1n) is 7.54. The van der Waals surface area contributed by atoms with Crippen LogP contribution in [-0.4, -0.2) is 32.7 Å². The third kappa shape index (κ3) is 4.37. The number of likely N-dealkylation sites (N-methyl/N-ethyl adjacent to an activating group) is 1. The van der Waals surface area contributed by atoms with Crippen molar-refractivity contribution in [3.05, 3.63) is 63.2 Å². The van der Waals surface area contributed by atoms with Gasteiger partial charge in [0.1, 0.15) is 11.8 Å². The number of nitrogens with one attached hydrogen (secondary N) is 2. The normalized spacial score (nSPS) is 12.0. The molecule has 2 aromatic rings. The molecule has 0 saturated heterocycles. The zero-order chi connectivity index (χ0) is 17.7. The number of anilines is 1. The van der Waals surface area contributed by atoms with Gasteiger partial charge in [-0.1, -0.05) is 23.7 Å². The molecule has 0 aliphatic heterocycles. The van der Waals surface area contributed by atoms with Gasteiger partial charge in [-0.25, -0.2) is 0 Å². The zero-order valence-corrected chi connectivity index (χ0v) is 14.6. The first-order chi connectivity index (χ1) is 11.4. The molecule has 0 heterocycles. The Morgan fingerprint density at radius 3 is 2.62 bits per heavy atom. The molecule has 2 N–H and O–H groups in total. The maximum atomic E-state index is 10.8. The molecular weight excluding hydrogens is 330 g/mol. The van der Waals surface area contributed by atoms with Crippen molar-refractivity contribution >= 4 is 23.0 Å². The number of quaternary nitrogens is 1. The van der Waals surface area contributed by atoms with E-state index in [4.69, 9.17) is 16.3 Å². The van der Waals surface area contributed by atoms with Crippen LogP contribution in [0.25, 0.3) is 0 Å². The Bertz CT molecular complexity index is 722. The molecule has 6 nitrogen and oxygen atoms in total. The van der Waals surface area contributed by atoms with Gasteiger partial charge in [0.25, 0.3) is 5.69 Å². The standard InChI is InChI=1S/C17H20ClN3O3/c1-20(2)17(12-5-4-6-14(9-12)24-3)11-19-16-8-7-13(21(22)23)10-15(16)18/h4-10,17,19H,11H2,1-3H3/p+1/t17-/m0/s1. The lowest BCUT2D eigenvalue weighted by Crippen LogP contribution is -3.06. The predicted molar refractivity (Wildman–Crippen MR) is 95.1 cm³/mol. The number of methoxy groups -OCH3 is 1. The van der Waals surface area contributed by atoms with E-state index in [1.54, 1.807) is 13.2 Å². The van der Waals surface area contributed by atoms with E-state index in [1.165, 1.54) is 17.0 Å². The van der Waals surface area contributed by atoms with E-state index in [2.05, 4.69) is 25.5 Å². The van der Waals surface area contributed by atoms with E-state index >= 15 is 0 Å². The fourth-order valence-electron chi connectivity index (χ4n) is 2.49. The Labute approximate surface area is 146 Å². The lowest BCUT2D eigenvalue weighted by molar-refractivity contribution is -0.890. The molecule has 0 fully saturated rings. The van der Waals surface area contributed by atoms with Gasteiger partial charge in [0.15, 0.2) is 0 Å². The summed E-state index contributed by atoms with van der Waals surface area (Å²) in [5.41, 5.74) is 1.80. The van der Waals surface area contributed by atoms with Crippen LogP contribution >= 0.6 is 11.6 Å². The first-order valence-corrected chi connectivity index (χ1v) is 7.92. The summed E-state index contributed by atoms with van der Waals surface area (Å²) in [6, 6.07) is 12.5. The Balaban J connectivity index is 2.16. The van der Waals surface area contributed by atoms with Gasteiger partial charge in [-0.15, -0.1) is 0 Å². The lowest BCUT2D eigenvalue weighted by Gasteiger charge is -2.23. The number of hydrogen-bond donors (Lipinski definition) is 2. The molecule has 0 aliphatic carbocycles.